The van der Waals surface area contributed by atoms with Crippen LogP contribution in [0.3, 0.4) is 0 Å². The Morgan fingerprint density at radius 2 is 1.46 bits per heavy atom. The van der Waals surface area contributed by atoms with Gasteiger partial charge in [0, 0.05) is 11.4 Å². The molecular formula is C29H33ClN2O3. The van der Waals surface area contributed by atoms with Crippen molar-refractivity contribution < 1.29 is 14.7 Å². The fourth-order valence-electron chi connectivity index (χ4n) is 8.01. The third-order valence-electron chi connectivity index (χ3n) is 9.22. The number of carboxylic acid groups (broad SMARTS) is 1. The molecule has 1 amide bonds. The summed E-state index contributed by atoms with van der Waals surface area (Å²) in [6.45, 7) is 0. The van der Waals surface area contributed by atoms with E-state index in [0.29, 0.717) is 23.9 Å². The van der Waals surface area contributed by atoms with Gasteiger partial charge in [0.15, 0.2) is 0 Å². The molecule has 0 radical (unpaired) electrons. The predicted octanol–water partition coefficient (Wildman–Crippen LogP) is 6.99. The number of aliphatic carboxylic acids is 1. The third kappa shape index (κ3) is 4.33. The predicted molar refractivity (Wildman–Crippen MR) is 138 cm³/mol. The van der Waals surface area contributed by atoms with Crippen molar-refractivity contribution >= 4 is 40.5 Å². The maximum Gasteiger partial charge on any atom is 0.307 e. The van der Waals surface area contributed by atoms with Crippen LogP contribution in [-0.2, 0) is 15.0 Å². The van der Waals surface area contributed by atoms with Crippen LogP contribution in [-0.4, -0.2) is 17.0 Å². The highest BCUT2D eigenvalue weighted by Gasteiger charge is 2.51. The van der Waals surface area contributed by atoms with E-state index < -0.39 is 17.8 Å². The van der Waals surface area contributed by atoms with Gasteiger partial charge in [-0.2, -0.15) is 0 Å². The minimum Gasteiger partial charge on any atom is -0.481 e. The molecule has 4 bridgehead atoms. The SMILES string of the molecule is O=C(Nc1ccc(Nc2ccc(C34CC5CC(CC(C5)C3)C4)cc2Cl)cc1)C1CCC[C@H]1C(=O)O. The number of hydrogen-bond acceptors (Lipinski definition) is 3. The summed E-state index contributed by atoms with van der Waals surface area (Å²) in [5, 5.41) is 16.4. The first kappa shape index (κ1) is 22.9. The first-order valence-electron chi connectivity index (χ1n) is 13.1. The van der Waals surface area contributed by atoms with Gasteiger partial charge in [-0.15, -0.1) is 0 Å². The molecule has 5 nitrogen and oxygen atoms in total. The number of hydrogen-bond donors (Lipinski definition) is 3. The lowest BCUT2D eigenvalue weighted by molar-refractivity contribution is -0.145. The van der Waals surface area contributed by atoms with Crippen LogP contribution in [0.2, 0.25) is 5.02 Å². The molecule has 0 aliphatic heterocycles. The Morgan fingerprint density at radius 1 is 0.857 bits per heavy atom. The lowest BCUT2D eigenvalue weighted by Gasteiger charge is -2.57. The number of carbonyl (C=O) groups excluding carboxylic acids is 1. The molecule has 2 atom stereocenters. The Labute approximate surface area is 211 Å². The van der Waals surface area contributed by atoms with Crippen LogP contribution in [0.1, 0.15) is 63.4 Å². The van der Waals surface area contributed by atoms with Crippen molar-refractivity contribution in [3.63, 3.8) is 0 Å². The van der Waals surface area contributed by atoms with E-state index >= 15 is 0 Å². The number of nitrogens with one attached hydrogen (secondary N) is 2. The zero-order chi connectivity index (χ0) is 24.2. The molecule has 35 heavy (non-hydrogen) atoms. The van der Waals surface area contributed by atoms with Crippen molar-refractivity contribution in [2.24, 2.45) is 29.6 Å². The van der Waals surface area contributed by atoms with E-state index in [9.17, 15) is 14.7 Å². The first-order valence-corrected chi connectivity index (χ1v) is 13.5. The number of rotatable bonds is 6. The zero-order valence-electron chi connectivity index (χ0n) is 19.9. The summed E-state index contributed by atoms with van der Waals surface area (Å²) < 4.78 is 0. The van der Waals surface area contributed by atoms with E-state index in [1.165, 1.54) is 44.1 Å². The monoisotopic (exact) mass is 492 g/mol. The highest BCUT2D eigenvalue weighted by atomic mass is 35.5. The summed E-state index contributed by atoms with van der Waals surface area (Å²) in [7, 11) is 0. The quantitative estimate of drug-likeness (QED) is 0.406. The van der Waals surface area contributed by atoms with Crippen LogP contribution in [0.25, 0.3) is 0 Å². The molecule has 0 heterocycles. The minimum absolute atomic E-state index is 0.209. The second kappa shape index (κ2) is 8.85. The second-order valence-electron chi connectivity index (χ2n) is 11.6. The Balaban J connectivity index is 1.12. The summed E-state index contributed by atoms with van der Waals surface area (Å²) in [4.78, 5) is 24.0. The van der Waals surface area contributed by atoms with Crippen molar-refractivity contribution in [2.45, 2.75) is 63.2 Å². The highest BCUT2D eigenvalue weighted by molar-refractivity contribution is 6.33. The molecule has 7 rings (SSSR count). The summed E-state index contributed by atoms with van der Waals surface area (Å²) >= 11 is 6.76. The molecule has 0 aromatic heterocycles. The summed E-state index contributed by atoms with van der Waals surface area (Å²) in [5.74, 6) is 0.574. The Kier molecular flexibility index (Phi) is 5.79. The smallest absolute Gasteiger partial charge is 0.307 e. The molecule has 0 saturated heterocycles. The summed E-state index contributed by atoms with van der Waals surface area (Å²) in [6.07, 6.45) is 10.2. The van der Waals surface area contributed by atoms with Gasteiger partial charge in [0.05, 0.1) is 22.5 Å². The topological polar surface area (TPSA) is 78.4 Å². The van der Waals surface area contributed by atoms with Crippen molar-refractivity contribution in [2.75, 3.05) is 10.6 Å². The van der Waals surface area contributed by atoms with Gasteiger partial charge in [-0.25, -0.2) is 0 Å². The van der Waals surface area contributed by atoms with E-state index in [1.54, 1.807) is 0 Å². The van der Waals surface area contributed by atoms with Crippen molar-refractivity contribution in [3.8, 4) is 0 Å². The van der Waals surface area contributed by atoms with Gasteiger partial charge in [0.2, 0.25) is 5.91 Å². The number of halogens is 1. The van der Waals surface area contributed by atoms with E-state index in [1.807, 2.05) is 24.3 Å². The number of amides is 1. The molecule has 5 fully saturated rings. The first-order chi connectivity index (χ1) is 16.9. The van der Waals surface area contributed by atoms with Gasteiger partial charge in [0.1, 0.15) is 0 Å². The Bertz CT molecular complexity index is 1110. The van der Waals surface area contributed by atoms with Crippen molar-refractivity contribution in [3.05, 3.63) is 53.1 Å². The van der Waals surface area contributed by atoms with Gasteiger partial charge >= 0.3 is 5.97 Å². The molecule has 2 aromatic carbocycles. The molecule has 2 aromatic rings. The van der Waals surface area contributed by atoms with E-state index in [4.69, 9.17) is 11.6 Å². The molecule has 1 unspecified atom stereocenters. The molecule has 184 valence electrons. The van der Waals surface area contributed by atoms with Crippen LogP contribution in [0, 0.1) is 29.6 Å². The molecule has 0 spiro atoms. The molecule has 5 aliphatic rings. The van der Waals surface area contributed by atoms with Crippen LogP contribution in [0.15, 0.2) is 42.5 Å². The van der Waals surface area contributed by atoms with Gasteiger partial charge in [0.25, 0.3) is 0 Å². The number of carbonyl (C=O) groups is 2. The molecule has 6 heteroatoms. The largest absolute Gasteiger partial charge is 0.481 e. The Hall–Kier alpha value is -2.53. The van der Waals surface area contributed by atoms with Gasteiger partial charge in [-0.1, -0.05) is 24.1 Å². The van der Waals surface area contributed by atoms with Gasteiger partial charge in [-0.05, 0) is 116 Å². The van der Waals surface area contributed by atoms with E-state index in [2.05, 4.69) is 28.8 Å². The number of benzene rings is 2. The van der Waals surface area contributed by atoms with Crippen LogP contribution in [0.4, 0.5) is 17.1 Å². The average molecular weight is 493 g/mol. The van der Waals surface area contributed by atoms with E-state index in [0.717, 1.165) is 40.6 Å². The Morgan fingerprint density at radius 3 is 2.06 bits per heavy atom. The zero-order valence-corrected chi connectivity index (χ0v) is 20.7. The highest BCUT2D eigenvalue weighted by Crippen LogP contribution is 2.61. The van der Waals surface area contributed by atoms with Crippen molar-refractivity contribution in [1.82, 2.24) is 0 Å². The minimum atomic E-state index is -0.881. The fraction of sp³-hybridized carbons (Fsp3) is 0.517. The van der Waals surface area contributed by atoms with Crippen LogP contribution in [0.5, 0.6) is 0 Å². The van der Waals surface area contributed by atoms with Crippen LogP contribution >= 0.6 is 11.6 Å². The maximum absolute atomic E-state index is 12.6. The summed E-state index contributed by atoms with van der Waals surface area (Å²) in [5.41, 5.74) is 4.18. The van der Waals surface area contributed by atoms with Crippen LogP contribution < -0.4 is 10.6 Å². The molecule has 5 aliphatic carbocycles. The lowest BCUT2D eigenvalue weighted by Crippen LogP contribution is -2.48. The third-order valence-corrected chi connectivity index (χ3v) is 9.53. The fourth-order valence-corrected chi connectivity index (χ4v) is 8.24. The van der Waals surface area contributed by atoms with Gasteiger partial charge in [-0.3, -0.25) is 9.59 Å². The average Bonchev–Trinajstić information content (AvgIpc) is 3.31. The second-order valence-corrected chi connectivity index (χ2v) is 12.0. The summed E-state index contributed by atoms with van der Waals surface area (Å²) in [6, 6.07) is 14.1. The lowest BCUT2D eigenvalue weighted by atomic mass is 9.48. The normalized spacial score (nSPS) is 33.0. The standard InChI is InChI=1S/C29H33ClN2O3/c30-25-13-20(29-14-17-10-18(15-29)12-19(11-17)16-29)4-9-26(25)31-21-5-7-22(8-6-21)32-27(33)23-2-1-3-24(23)28(34)35/h4-9,13,17-19,23-24,31H,1-3,10-12,14-16H2,(H,32,33)(H,34,35)/t17?,18?,19?,23?,24-,29?/m1/s1. The maximum atomic E-state index is 12.6. The van der Waals surface area contributed by atoms with Crippen molar-refractivity contribution in [1.29, 1.82) is 0 Å². The number of anilines is 3. The molecule has 5 saturated carbocycles. The molecule has 3 N–H and O–H groups in total. The number of carboxylic acids is 1. The molecular weight excluding hydrogens is 460 g/mol. The van der Waals surface area contributed by atoms with Gasteiger partial charge < -0.3 is 15.7 Å². The van der Waals surface area contributed by atoms with E-state index in [-0.39, 0.29) is 5.91 Å².